The largest absolute Gasteiger partial charge is 0.311 e. The fraction of sp³-hybridized carbons (Fsp3) is 0.278. The van der Waals surface area contributed by atoms with Crippen molar-refractivity contribution in [3.8, 4) is 0 Å². The Morgan fingerprint density at radius 2 is 1.83 bits per heavy atom. The molecule has 0 aromatic heterocycles. The third-order valence-corrected chi connectivity index (χ3v) is 4.27. The first-order valence-electron chi connectivity index (χ1n) is 7.60. The molecule has 1 aliphatic rings. The zero-order valence-corrected chi connectivity index (χ0v) is 13.2. The second-order valence-corrected chi connectivity index (χ2v) is 5.99. The van der Waals surface area contributed by atoms with E-state index in [1.165, 1.54) is 42.7 Å². The van der Waals surface area contributed by atoms with Gasteiger partial charge in [0.25, 0.3) is 11.6 Å². The summed E-state index contributed by atoms with van der Waals surface area (Å²) in [4.78, 5) is 24.5. The van der Waals surface area contributed by atoms with Gasteiger partial charge in [0.2, 0.25) is 0 Å². The van der Waals surface area contributed by atoms with Crippen LogP contribution in [0.2, 0.25) is 0 Å². The van der Waals surface area contributed by atoms with E-state index in [-0.39, 0.29) is 11.6 Å². The predicted octanol–water partition coefficient (Wildman–Crippen LogP) is 4.06. The zero-order chi connectivity index (χ0) is 16.6. The van der Waals surface area contributed by atoms with E-state index in [0.717, 1.165) is 11.3 Å². The Labute approximate surface area is 134 Å². The lowest BCUT2D eigenvalue weighted by atomic mass is 10.0. The van der Waals surface area contributed by atoms with Crippen LogP contribution in [0.25, 0.3) is 0 Å². The number of rotatable bonds is 4. The molecule has 1 saturated carbocycles. The molecule has 3 rings (SSSR count). The summed E-state index contributed by atoms with van der Waals surface area (Å²) in [6, 6.07) is 12.0. The second kappa shape index (κ2) is 5.83. The van der Waals surface area contributed by atoms with Crippen molar-refractivity contribution in [3.05, 3.63) is 69.3 Å². The number of amides is 1. The van der Waals surface area contributed by atoms with Gasteiger partial charge in [-0.15, -0.1) is 0 Å². The van der Waals surface area contributed by atoms with Gasteiger partial charge >= 0.3 is 0 Å². The van der Waals surface area contributed by atoms with Crippen LogP contribution in [0.3, 0.4) is 0 Å². The van der Waals surface area contributed by atoms with Crippen molar-refractivity contribution in [2.24, 2.45) is 0 Å². The van der Waals surface area contributed by atoms with Crippen LogP contribution >= 0.6 is 0 Å². The molecule has 1 aliphatic carbocycles. The summed E-state index contributed by atoms with van der Waals surface area (Å²) in [5.74, 6) is 0.452. The van der Waals surface area contributed by atoms with Crippen molar-refractivity contribution in [2.75, 3.05) is 11.9 Å². The minimum absolute atomic E-state index is 0.0175. The van der Waals surface area contributed by atoms with E-state index in [4.69, 9.17) is 0 Å². The average molecular weight is 310 g/mol. The smallest absolute Gasteiger partial charge is 0.269 e. The maximum absolute atomic E-state index is 12.6. The number of nitro benzene ring substituents is 1. The molecule has 0 spiro atoms. The summed E-state index contributed by atoms with van der Waals surface area (Å²) in [7, 11) is 1.74. The van der Waals surface area contributed by atoms with Crippen LogP contribution in [0, 0.1) is 17.0 Å². The molecule has 118 valence electrons. The van der Waals surface area contributed by atoms with E-state index in [1.807, 2.05) is 13.0 Å². The van der Waals surface area contributed by atoms with E-state index in [0.29, 0.717) is 11.5 Å². The Balaban J connectivity index is 1.87. The molecule has 0 saturated heterocycles. The zero-order valence-electron chi connectivity index (χ0n) is 13.2. The Hall–Kier alpha value is -2.69. The Kier molecular flexibility index (Phi) is 3.86. The molecule has 0 heterocycles. The molecule has 0 bridgehead atoms. The van der Waals surface area contributed by atoms with Crippen LogP contribution in [0.1, 0.15) is 40.2 Å². The third-order valence-electron chi connectivity index (χ3n) is 4.27. The van der Waals surface area contributed by atoms with Crippen molar-refractivity contribution < 1.29 is 9.72 Å². The Morgan fingerprint density at radius 3 is 2.39 bits per heavy atom. The monoisotopic (exact) mass is 310 g/mol. The quantitative estimate of drug-likeness (QED) is 0.632. The summed E-state index contributed by atoms with van der Waals surface area (Å²) in [6.07, 6.45) is 2.42. The van der Waals surface area contributed by atoms with Crippen LogP contribution in [-0.2, 0) is 0 Å². The fourth-order valence-corrected chi connectivity index (χ4v) is 2.69. The lowest BCUT2D eigenvalue weighted by Crippen LogP contribution is -2.27. The van der Waals surface area contributed by atoms with Gasteiger partial charge in [-0.05, 0) is 55.0 Å². The fourth-order valence-electron chi connectivity index (χ4n) is 2.69. The standard InChI is InChI=1S/C18H18N2O3/c1-12-3-4-15(13-5-6-13)11-17(12)19(2)18(21)14-7-9-16(10-8-14)20(22)23/h3-4,7-11,13H,5-6H2,1-2H3. The molecule has 23 heavy (non-hydrogen) atoms. The van der Waals surface area contributed by atoms with E-state index in [9.17, 15) is 14.9 Å². The van der Waals surface area contributed by atoms with E-state index in [2.05, 4.69) is 12.1 Å². The number of carbonyl (C=O) groups is 1. The van der Waals surface area contributed by atoms with Crippen LogP contribution in [0.5, 0.6) is 0 Å². The van der Waals surface area contributed by atoms with Gasteiger partial charge in [0.15, 0.2) is 0 Å². The van der Waals surface area contributed by atoms with Crippen molar-refractivity contribution >= 4 is 17.3 Å². The summed E-state index contributed by atoms with van der Waals surface area (Å²) >= 11 is 0. The third kappa shape index (κ3) is 3.08. The summed E-state index contributed by atoms with van der Waals surface area (Å²) in [5.41, 5.74) is 3.62. The van der Waals surface area contributed by atoms with E-state index >= 15 is 0 Å². The number of hydrogen-bond acceptors (Lipinski definition) is 3. The van der Waals surface area contributed by atoms with Gasteiger partial charge in [0, 0.05) is 30.4 Å². The molecule has 1 fully saturated rings. The van der Waals surface area contributed by atoms with Gasteiger partial charge in [0.05, 0.1) is 4.92 Å². The summed E-state index contributed by atoms with van der Waals surface area (Å²) in [6.45, 7) is 1.98. The molecule has 1 amide bonds. The Bertz CT molecular complexity index is 764. The van der Waals surface area contributed by atoms with Gasteiger partial charge < -0.3 is 4.90 Å². The second-order valence-electron chi connectivity index (χ2n) is 5.99. The van der Waals surface area contributed by atoms with Gasteiger partial charge in [0.1, 0.15) is 0 Å². The number of nitrogens with zero attached hydrogens (tertiary/aromatic N) is 2. The molecule has 0 radical (unpaired) electrons. The molecular formula is C18H18N2O3. The molecule has 0 N–H and O–H groups in total. The molecule has 5 nitrogen and oxygen atoms in total. The lowest BCUT2D eigenvalue weighted by Gasteiger charge is -2.20. The van der Waals surface area contributed by atoms with Crippen molar-refractivity contribution in [1.82, 2.24) is 0 Å². The normalized spacial score (nSPS) is 13.7. The Morgan fingerprint density at radius 1 is 1.17 bits per heavy atom. The molecule has 2 aromatic rings. The van der Waals surface area contributed by atoms with Gasteiger partial charge in [-0.2, -0.15) is 0 Å². The van der Waals surface area contributed by atoms with E-state index in [1.54, 1.807) is 11.9 Å². The van der Waals surface area contributed by atoms with Crippen molar-refractivity contribution in [3.63, 3.8) is 0 Å². The number of carbonyl (C=O) groups excluding carboxylic acids is 1. The number of nitro groups is 1. The summed E-state index contributed by atoms with van der Waals surface area (Å²) < 4.78 is 0. The van der Waals surface area contributed by atoms with Crippen LogP contribution < -0.4 is 4.90 Å². The number of non-ortho nitro benzene ring substituents is 1. The highest BCUT2D eigenvalue weighted by Gasteiger charge is 2.25. The summed E-state index contributed by atoms with van der Waals surface area (Å²) in [5, 5.41) is 10.7. The molecule has 0 aliphatic heterocycles. The SMILES string of the molecule is Cc1ccc(C2CC2)cc1N(C)C(=O)c1ccc([N+](=O)[O-])cc1. The molecule has 2 aromatic carbocycles. The van der Waals surface area contributed by atoms with Gasteiger partial charge in [-0.25, -0.2) is 0 Å². The maximum atomic E-state index is 12.6. The van der Waals surface area contributed by atoms with Gasteiger partial charge in [-0.1, -0.05) is 12.1 Å². The first-order valence-corrected chi connectivity index (χ1v) is 7.60. The van der Waals surface area contributed by atoms with E-state index < -0.39 is 4.92 Å². The minimum atomic E-state index is -0.471. The number of anilines is 1. The number of aryl methyl sites for hydroxylation is 1. The van der Waals surface area contributed by atoms with Crippen LogP contribution in [0.4, 0.5) is 11.4 Å². The van der Waals surface area contributed by atoms with Crippen molar-refractivity contribution in [2.45, 2.75) is 25.7 Å². The lowest BCUT2D eigenvalue weighted by molar-refractivity contribution is -0.384. The molecule has 5 heteroatoms. The molecular weight excluding hydrogens is 292 g/mol. The van der Waals surface area contributed by atoms with Crippen LogP contribution in [0.15, 0.2) is 42.5 Å². The van der Waals surface area contributed by atoms with Crippen molar-refractivity contribution in [1.29, 1.82) is 0 Å². The number of hydrogen-bond donors (Lipinski definition) is 0. The molecule has 0 unspecified atom stereocenters. The van der Waals surface area contributed by atoms with Gasteiger partial charge in [-0.3, -0.25) is 14.9 Å². The maximum Gasteiger partial charge on any atom is 0.269 e. The number of benzene rings is 2. The highest BCUT2D eigenvalue weighted by molar-refractivity contribution is 6.06. The highest BCUT2D eigenvalue weighted by atomic mass is 16.6. The predicted molar refractivity (Wildman–Crippen MR) is 89.0 cm³/mol. The average Bonchev–Trinajstić information content (AvgIpc) is 3.39. The highest BCUT2D eigenvalue weighted by Crippen LogP contribution is 2.41. The first-order chi connectivity index (χ1) is 11.0. The topological polar surface area (TPSA) is 63.5 Å². The minimum Gasteiger partial charge on any atom is -0.311 e. The molecule has 0 atom stereocenters. The van der Waals surface area contributed by atoms with Crippen LogP contribution in [-0.4, -0.2) is 17.9 Å². The first kappa shape index (κ1) is 15.2.